The average molecular weight is 237 g/mol. The fraction of sp³-hybridized carbons (Fsp3) is 0.417. The molecule has 3 nitrogen and oxygen atoms in total. The van der Waals surface area contributed by atoms with Gasteiger partial charge in [0.05, 0.1) is 13.2 Å². The third-order valence-corrected chi connectivity index (χ3v) is 3.28. The molecule has 0 aliphatic carbocycles. The van der Waals surface area contributed by atoms with Crippen LogP contribution in [0.5, 0.6) is 0 Å². The van der Waals surface area contributed by atoms with Crippen molar-refractivity contribution in [3.8, 4) is 0 Å². The quantitative estimate of drug-likeness (QED) is 0.751. The molecular weight excluding hydrogens is 222 g/mol. The van der Waals surface area contributed by atoms with Crippen molar-refractivity contribution in [3.05, 3.63) is 35.9 Å². The van der Waals surface area contributed by atoms with Gasteiger partial charge < -0.3 is 9.64 Å². The fourth-order valence-electron chi connectivity index (χ4n) is 1.81. The normalized spacial score (nSPS) is 20.8. The van der Waals surface area contributed by atoms with E-state index in [0.29, 0.717) is 19.7 Å². The first kappa shape index (κ1) is 11.5. The van der Waals surface area contributed by atoms with Gasteiger partial charge in [0.25, 0.3) is 5.24 Å². The van der Waals surface area contributed by atoms with E-state index >= 15 is 0 Å². The zero-order valence-corrected chi connectivity index (χ0v) is 10.1. The van der Waals surface area contributed by atoms with Gasteiger partial charge in [0.2, 0.25) is 0 Å². The first-order valence-electron chi connectivity index (χ1n) is 5.30. The Balaban J connectivity index is 2.05. The number of hydrogen-bond acceptors (Lipinski definition) is 3. The Hall–Kier alpha value is -1.00. The lowest BCUT2D eigenvalue weighted by atomic mass is 10.1. The summed E-state index contributed by atoms with van der Waals surface area (Å²) in [7, 11) is 0. The van der Waals surface area contributed by atoms with Crippen molar-refractivity contribution < 1.29 is 9.53 Å². The monoisotopic (exact) mass is 237 g/mol. The summed E-state index contributed by atoms with van der Waals surface area (Å²) in [5.41, 5.74) is 1.14. The molecule has 0 saturated carbocycles. The maximum atomic E-state index is 11.6. The molecule has 1 aromatic rings. The molecule has 0 bridgehead atoms. The molecule has 1 fully saturated rings. The largest absolute Gasteiger partial charge is 0.370 e. The number of morpholine rings is 1. The van der Waals surface area contributed by atoms with E-state index in [1.807, 2.05) is 41.5 Å². The number of amides is 1. The summed E-state index contributed by atoms with van der Waals surface area (Å²) in [6.45, 7) is 1.97. The number of hydrogen-bond donors (Lipinski definition) is 0. The number of carbonyl (C=O) groups is 1. The molecule has 0 radical (unpaired) electrons. The number of carbonyl (C=O) groups excluding carboxylic acids is 1. The molecule has 2 rings (SSSR count). The van der Waals surface area contributed by atoms with Crippen molar-refractivity contribution >= 4 is 17.0 Å². The highest BCUT2D eigenvalue weighted by atomic mass is 32.2. The van der Waals surface area contributed by atoms with E-state index in [2.05, 4.69) is 0 Å². The van der Waals surface area contributed by atoms with E-state index < -0.39 is 0 Å². The van der Waals surface area contributed by atoms with Gasteiger partial charge in [-0.3, -0.25) is 4.79 Å². The predicted molar refractivity (Wildman–Crippen MR) is 65.6 cm³/mol. The van der Waals surface area contributed by atoms with Gasteiger partial charge in [0.1, 0.15) is 6.10 Å². The van der Waals surface area contributed by atoms with Crippen molar-refractivity contribution in [3.63, 3.8) is 0 Å². The maximum absolute atomic E-state index is 11.6. The highest BCUT2D eigenvalue weighted by Crippen LogP contribution is 2.23. The number of ether oxygens (including phenoxy) is 1. The van der Waals surface area contributed by atoms with Crippen LogP contribution in [0.1, 0.15) is 11.7 Å². The molecule has 1 unspecified atom stereocenters. The van der Waals surface area contributed by atoms with Crippen LogP contribution in [0.2, 0.25) is 0 Å². The molecule has 0 spiro atoms. The molecule has 0 aromatic heterocycles. The Morgan fingerprint density at radius 2 is 2.19 bits per heavy atom. The van der Waals surface area contributed by atoms with Crippen LogP contribution in [0.3, 0.4) is 0 Å². The molecular formula is C12H15NO2S. The smallest absolute Gasteiger partial charge is 0.281 e. The second-order valence-electron chi connectivity index (χ2n) is 3.69. The summed E-state index contributed by atoms with van der Waals surface area (Å²) in [5, 5.41) is 0.129. The van der Waals surface area contributed by atoms with E-state index in [0.717, 1.165) is 5.56 Å². The van der Waals surface area contributed by atoms with Gasteiger partial charge in [-0.25, -0.2) is 0 Å². The highest BCUT2D eigenvalue weighted by molar-refractivity contribution is 8.12. The van der Waals surface area contributed by atoms with Crippen LogP contribution in [-0.4, -0.2) is 36.1 Å². The average Bonchev–Trinajstić information content (AvgIpc) is 2.39. The summed E-state index contributed by atoms with van der Waals surface area (Å²) in [6.07, 6.45) is 1.83. The summed E-state index contributed by atoms with van der Waals surface area (Å²) in [6, 6.07) is 10.1. The summed E-state index contributed by atoms with van der Waals surface area (Å²) < 4.78 is 5.69. The Labute approximate surface area is 99.8 Å². The Bertz CT molecular complexity index is 355. The van der Waals surface area contributed by atoms with Gasteiger partial charge in [-0.1, -0.05) is 42.1 Å². The van der Waals surface area contributed by atoms with Gasteiger partial charge in [-0.05, 0) is 11.8 Å². The third-order valence-electron chi connectivity index (χ3n) is 2.67. The van der Waals surface area contributed by atoms with Crippen LogP contribution in [0.25, 0.3) is 0 Å². The van der Waals surface area contributed by atoms with Gasteiger partial charge in [-0.15, -0.1) is 0 Å². The standard InChI is InChI=1S/C12H15NO2S/c1-16-12(14)13-7-8-15-11(9-13)10-5-3-2-4-6-10/h2-6,11H,7-9H2,1H3. The van der Waals surface area contributed by atoms with Crippen molar-refractivity contribution in [1.29, 1.82) is 0 Å². The SMILES string of the molecule is CSC(=O)N1CCOC(c2ccccc2)C1. The van der Waals surface area contributed by atoms with Gasteiger partial charge in [0.15, 0.2) is 0 Å². The van der Waals surface area contributed by atoms with Crippen LogP contribution in [0.4, 0.5) is 4.79 Å². The van der Waals surface area contributed by atoms with E-state index in [1.54, 1.807) is 0 Å². The molecule has 1 aliphatic rings. The third kappa shape index (κ3) is 2.57. The highest BCUT2D eigenvalue weighted by Gasteiger charge is 2.24. The molecule has 86 valence electrons. The summed E-state index contributed by atoms with van der Waals surface area (Å²) >= 11 is 1.26. The molecule has 1 atom stereocenters. The van der Waals surface area contributed by atoms with Crippen molar-refractivity contribution in [2.24, 2.45) is 0 Å². The lowest BCUT2D eigenvalue weighted by molar-refractivity contribution is -0.0116. The zero-order valence-electron chi connectivity index (χ0n) is 9.26. The minimum Gasteiger partial charge on any atom is -0.370 e. The molecule has 1 saturated heterocycles. The summed E-state index contributed by atoms with van der Waals surface area (Å²) in [5.74, 6) is 0. The van der Waals surface area contributed by atoms with Crippen molar-refractivity contribution in [2.45, 2.75) is 6.10 Å². The second kappa shape index (κ2) is 5.37. The van der Waals surface area contributed by atoms with Gasteiger partial charge >= 0.3 is 0 Å². The maximum Gasteiger partial charge on any atom is 0.281 e. The lowest BCUT2D eigenvalue weighted by Gasteiger charge is -2.32. The van der Waals surface area contributed by atoms with Crippen molar-refractivity contribution in [2.75, 3.05) is 26.0 Å². The van der Waals surface area contributed by atoms with Crippen LogP contribution in [-0.2, 0) is 4.74 Å². The van der Waals surface area contributed by atoms with Crippen LogP contribution < -0.4 is 0 Å². The summed E-state index contributed by atoms with van der Waals surface area (Å²) in [4.78, 5) is 13.4. The van der Waals surface area contributed by atoms with E-state index in [1.165, 1.54) is 11.8 Å². The van der Waals surface area contributed by atoms with E-state index in [-0.39, 0.29) is 11.3 Å². The van der Waals surface area contributed by atoms with Gasteiger partial charge in [-0.2, -0.15) is 0 Å². The number of benzene rings is 1. The second-order valence-corrected chi connectivity index (χ2v) is 4.44. The number of rotatable bonds is 1. The van der Waals surface area contributed by atoms with Crippen LogP contribution >= 0.6 is 11.8 Å². The first-order chi connectivity index (χ1) is 7.81. The molecule has 4 heteroatoms. The Morgan fingerprint density at radius 1 is 1.44 bits per heavy atom. The molecule has 16 heavy (non-hydrogen) atoms. The zero-order chi connectivity index (χ0) is 11.4. The predicted octanol–water partition coefficient (Wildman–Crippen LogP) is 2.54. The molecule has 1 aromatic carbocycles. The van der Waals surface area contributed by atoms with Crippen molar-refractivity contribution in [1.82, 2.24) is 4.90 Å². The fourth-order valence-corrected chi connectivity index (χ4v) is 2.24. The number of thioether (sulfide) groups is 1. The van der Waals surface area contributed by atoms with Crippen LogP contribution in [0, 0.1) is 0 Å². The molecule has 1 heterocycles. The minimum atomic E-state index is 0.0195. The minimum absolute atomic E-state index is 0.0195. The topological polar surface area (TPSA) is 29.5 Å². The molecule has 1 aliphatic heterocycles. The Morgan fingerprint density at radius 3 is 2.88 bits per heavy atom. The first-order valence-corrected chi connectivity index (χ1v) is 6.53. The Kier molecular flexibility index (Phi) is 3.85. The molecule has 1 amide bonds. The van der Waals surface area contributed by atoms with E-state index in [4.69, 9.17) is 4.74 Å². The number of nitrogens with zero attached hydrogens (tertiary/aromatic N) is 1. The molecule has 0 N–H and O–H groups in total. The lowest BCUT2D eigenvalue weighted by Crippen LogP contribution is -2.40. The van der Waals surface area contributed by atoms with E-state index in [9.17, 15) is 4.79 Å². The van der Waals surface area contributed by atoms with Crippen LogP contribution in [0.15, 0.2) is 30.3 Å². The van der Waals surface area contributed by atoms with Gasteiger partial charge in [0, 0.05) is 6.54 Å².